The number of benzene rings is 1. The molecule has 0 radical (unpaired) electrons. The number of fused-ring (bicyclic) bond motifs is 6. The molecule has 0 aliphatic carbocycles. The van der Waals surface area contributed by atoms with Crippen molar-refractivity contribution < 1.29 is 9.53 Å². The van der Waals surface area contributed by atoms with Crippen LogP contribution in [0.1, 0.15) is 60.5 Å². The van der Waals surface area contributed by atoms with E-state index in [9.17, 15) is 4.79 Å². The van der Waals surface area contributed by atoms with Gasteiger partial charge in [0.05, 0.1) is 13.0 Å². The maximum atomic E-state index is 12.5. The Morgan fingerprint density at radius 2 is 2.03 bits per heavy atom. The number of carbonyl (C=O) groups is 1. The number of pyridine rings is 1. The maximum Gasteiger partial charge on any atom is 0.306 e. The zero-order chi connectivity index (χ0) is 21.5. The normalized spacial score (nSPS) is 21.3. The van der Waals surface area contributed by atoms with Crippen molar-refractivity contribution in [1.82, 2.24) is 14.5 Å². The van der Waals surface area contributed by atoms with Gasteiger partial charge in [-0.25, -0.2) is 0 Å². The topological polar surface area (TPSA) is 47.4 Å². The number of aryl methyl sites for hydroxylation is 1. The molecule has 2 aliphatic rings. The summed E-state index contributed by atoms with van der Waals surface area (Å²) in [5.41, 5.74) is 6.71. The summed E-state index contributed by atoms with van der Waals surface area (Å²) in [5, 5.41) is 1.39. The van der Waals surface area contributed by atoms with Crippen LogP contribution >= 0.6 is 0 Å². The van der Waals surface area contributed by atoms with E-state index >= 15 is 0 Å². The Bertz CT molecular complexity index is 1100. The average Bonchev–Trinajstić information content (AvgIpc) is 3.17. The van der Waals surface area contributed by atoms with Crippen LogP contribution in [0.5, 0.6) is 0 Å². The summed E-state index contributed by atoms with van der Waals surface area (Å²) in [4.78, 5) is 19.2. The molecule has 5 heteroatoms. The average molecular weight is 418 g/mol. The highest BCUT2D eigenvalue weighted by atomic mass is 16.5. The van der Waals surface area contributed by atoms with Gasteiger partial charge in [-0.15, -0.1) is 0 Å². The quantitative estimate of drug-likeness (QED) is 0.542. The number of nitrogens with zero attached hydrogens (tertiary/aromatic N) is 3. The van der Waals surface area contributed by atoms with Gasteiger partial charge in [-0.05, 0) is 69.1 Å². The number of esters is 1. The molecule has 3 unspecified atom stereocenters. The number of rotatable bonds is 6. The van der Waals surface area contributed by atoms with E-state index in [1.54, 1.807) is 0 Å². The molecule has 0 saturated carbocycles. The fourth-order valence-corrected chi connectivity index (χ4v) is 5.74. The molecule has 162 valence electrons. The molecule has 1 aromatic carbocycles. The lowest BCUT2D eigenvalue weighted by atomic mass is 9.95. The van der Waals surface area contributed by atoms with E-state index in [-0.39, 0.29) is 11.9 Å². The molecule has 2 bridgehead atoms. The zero-order valence-corrected chi connectivity index (χ0v) is 18.7. The van der Waals surface area contributed by atoms with Crippen molar-refractivity contribution in [2.45, 2.75) is 64.1 Å². The molecule has 4 heterocycles. The number of ether oxygens (including phenoxy) is 1. The van der Waals surface area contributed by atoms with E-state index < -0.39 is 0 Å². The molecule has 2 aliphatic heterocycles. The smallest absolute Gasteiger partial charge is 0.306 e. The fourth-order valence-electron chi connectivity index (χ4n) is 5.74. The molecule has 5 rings (SSSR count). The van der Waals surface area contributed by atoms with E-state index in [2.05, 4.69) is 46.6 Å². The Hall–Kier alpha value is -2.66. The van der Waals surface area contributed by atoms with Crippen LogP contribution in [-0.4, -0.2) is 40.1 Å². The Kier molecular flexibility index (Phi) is 5.30. The second-order valence-corrected chi connectivity index (χ2v) is 9.09. The lowest BCUT2D eigenvalue weighted by Gasteiger charge is -2.33. The van der Waals surface area contributed by atoms with Crippen LogP contribution in [0.2, 0.25) is 0 Å². The highest BCUT2D eigenvalue weighted by molar-refractivity contribution is 5.87. The van der Waals surface area contributed by atoms with Crippen LogP contribution in [0, 0.1) is 6.92 Å². The first kappa shape index (κ1) is 20.3. The van der Waals surface area contributed by atoms with Crippen molar-refractivity contribution in [2.75, 3.05) is 13.7 Å². The van der Waals surface area contributed by atoms with Gasteiger partial charge in [-0.1, -0.05) is 11.6 Å². The van der Waals surface area contributed by atoms with Crippen LogP contribution in [-0.2, 0) is 22.5 Å². The van der Waals surface area contributed by atoms with E-state index in [1.807, 2.05) is 31.5 Å². The van der Waals surface area contributed by atoms with Crippen molar-refractivity contribution >= 4 is 16.9 Å². The Morgan fingerprint density at radius 1 is 1.23 bits per heavy atom. The molecule has 0 spiro atoms. The summed E-state index contributed by atoms with van der Waals surface area (Å²) in [6.45, 7) is 5.23. The lowest BCUT2D eigenvalue weighted by molar-refractivity contribution is -0.143. The second-order valence-electron chi connectivity index (χ2n) is 9.09. The lowest BCUT2D eigenvalue weighted by Crippen LogP contribution is -2.35. The van der Waals surface area contributed by atoms with Gasteiger partial charge < -0.3 is 9.30 Å². The fraction of sp³-hybridized carbons (Fsp3) is 0.462. The van der Waals surface area contributed by atoms with Crippen LogP contribution in [0.15, 0.2) is 42.7 Å². The highest BCUT2D eigenvalue weighted by Crippen LogP contribution is 2.47. The van der Waals surface area contributed by atoms with E-state index in [4.69, 9.17) is 4.74 Å². The van der Waals surface area contributed by atoms with Crippen molar-refractivity contribution in [3.8, 4) is 0 Å². The molecular formula is C26H31N3O2. The third kappa shape index (κ3) is 3.55. The number of aromatic nitrogens is 2. The monoisotopic (exact) mass is 417 g/mol. The van der Waals surface area contributed by atoms with Gasteiger partial charge in [0.15, 0.2) is 0 Å². The van der Waals surface area contributed by atoms with E-state index in [1.165, 1.54) is 40.6 Å². The van der Waals surface area contributed by atoms with Crippen LogP contribution in [0.25, 0.3) is 10.9 Å². The van der Waals surface area contributed by atoms with Gasteiger partial charge in [0.2, 0.25) is 0 Å². The Balaban J connectivity index is 1.61. The first-order chi connectivity index (χ1) is 15.1. The Morgan fingerprint density at radius 3 is 2.81 bits per heavy atom. The first-order valence-electron chi connectivity index (χ1n) is 11.5. The minimum Gasteiger partial charge on any atom is -0.466 e. The van der Waals surface area contributed by atoms with Crippen LogP contribution in [0.3, 0.4) is 0 Å². The summed E-state index contributed by atoms with van der Waals surface area (Å²) in [6.07, 6.45) is 7.59. The standard InChI is InChI=1S/C26H31N3O2/c1-4-31-25(30)14-19(18-9-11-27-12-10-18)16-29-22-7-5-17(2)13-21(22)26-23-8-6-20(28(23)3)15-24(26)29/h5,7,9-13,19-20,23H,4,6,8,14-16H2,1-3H3. The molecule has 3 aromatic rings. The van der Waals surface area contributed by atoms with Crippen LogP contribution in [0.4, 0.5) is 0 Å². The van der Waals surface area contributed by atoms with Crippen molar-refractivity contribution in [3.63, 3.8) is 0 Å². The second kappa shape index (κ2) is 8.12. The van der Waals surface area contributed by atoms with Gasteiger partial charge in [-0.2, -0.15) is 0 Å². The number of carbonyl (C=O) groups excluding carboxylic acids is 1. The number of hydrogen-bond donors (Lipinski definition) is 0. The van der Waals surface area contributed by atoms with Gasteiger partial charge >= 0.3 is 5.97 Å². The third-order valence-corrected chi connectivity index (χ3v) is 7.27. The predicted molar refractivity (Wildman–Crippen MR) is 122 cm³/mol. The highest BCUT2D eigenvalue weighted by Gasteiger charge is 2.41. The summed E-state index contributed by atoms with van der Waals surface area (Å²) in [7, 11) is 2.28. The SMILES string of the molecule is CCOC(=O)CC(Cn1c2c(c3cc(C)ccc31)C1CCC(C2)N1C)c1ccncc1. The van der Waals surface area contributed by atoms with E-state index in [0.29, 0.717) is 25.1 Å². The molecule has 5 nitrogen and oxygen atoms in total. The minimum atomic E-state index is -0.134. The summed E-state index contributed by atoms with van der Waals surface area (Å²) >= 11 is 0. The molecule has 0 N–H and O–H groups in total. The number of likely N-dealkylation sites (N-methyl/N-ethyl adjacent to an activating group) is 1. The maximum absolute atomic E-state index is 12.5. The van der Waals surface area contributed by atoms with Crippen molar-refractivity contribution in [1.29, 1.82) is 0 Å². The third-order valence-electron chi connectivity index (χ3n) is 7.27. The van der Waals surface area contributed by atoms with Crippen LogP contribution < -0.4 is 0 Å². The zero-order valence-electron chi connectivity index (χ0n) is 18.7. The van der Waals surface area contributed by atoms with Crippen molar-refractivity contribution in [2.24, 2.45) is 0 Å². The molecular weight excluding hydrogens is 386 g/mol. The van der Waals surface area contributed by atoms with Gasteiger partial charge in [0, 0.05) is 60.0 Å². The molecule has 1 saturated heterocycles. The van der Waals surface area contributed by atoms with Gasteiger partial charge in [0.1, 0.15) is 0 Å². The van der Waals surface area contributed by atoms with Gasteiger partial charge in [0.25, 0.3) is 0 Å². The van der Waals surface area contributed by atoms with Gasteiger partial charge in [-0.3, -0.25) is 14.7 Å². The predicted octanol–water partition coefficient (Wildman–Crippen LogP) is 4.77. The largest absolute Gasteiger partial charge is 0.466 e. The molecule has 2 aromatic heterocycles. The molecule has 1 fully saturated rings. The summed E-state index contributed by atoms with van der Waals surface area (Å²) < 4.78 is 7.82. The Labute approximate surface area is 184 Å². The minimum absolute atomic E-state index is 0.0559. The van der Waals surface area contributed by atoms with Crippen molar-refractivity contribution in [3.05, 3.63) is 65.1 Å². The molecule has 3 atom stereocenters. The first-order valence-corrected chi connectivity index (χ1v) is 11.5. The number of hydrogen-bond acceptors (Lipinski definition) is 4. The molecule has 0 amide bonds. The molecule has 31 heavy (non-hydrogen) atoms. The summed E-state index contributed by atoms with van der Waals surface area (Å²) in [5.74, 6) is -0.0781. The van der Waals surface area contributed by atoms with E-state index in [0.717, 1.165) is 18.5 Å². The summed E-state index contributed by atoms with van der Waals surface area (Å²) in [6, 6.07) is 12.0.